The Morgan fingerprint density at radius 3 is 2.44 bits per heavy atom. The highest BCUT2D eigenvalue weighted by atomic mass is 32.2. The minimum absolute atomic E-state index is 0.0472. The van der Waals surface area contributed by atoms with Gasteiger partial charge in [0.15, 0.2) is 0 Å². The quantitative estimate of drug-likeness (QED) is 0.842. The van der Waals surface area contributed by atoms with Gasteiger partial charge >= 0.3 is 0 Å². The van der Waals surface area contributed by atoms with E-state index >= 15 is 0 Å². The molecule has 0 saturated carbocycles. The maximum absolute atomic E-state index is 12.8. The van der Waals surface area contributed by atoms with Crippen molar-refractivity contribution in [3.05, 3.63) is 30.1 Å². The second kappa shape index (κ2) is 4.68. The van der Waals surface area contributed by atoms with Crippen LogP contribution in [-0.2, 0) is 14.8 Å². The van der Waals surface area contributed by atoms with Crippen molar-refractivity contribution in [3.8, 4) is 0 Å². The second-order valence-electron chi connectivity index (χ2n) is 4.36. The number of sulfonamides is 1. The number of carbonyl (C=O) groups is 1. The third-order valence-electron chi connectivity index (χ3n) is 3.14. The molecule has 4 nitrogen and oxygen atoms in total. The summed E-state index contributed by atoms with van der Waals surface area (Å²) in [5.74, 6) is -0.813. The first-order valence-electron chi connectivity index (χ1n) is 5.76. The van der Waals surface area contributed by atoms with Crippen molar-refractivity contribution in [3.63, 3.8) is 0 Å². The van der Waals surface area contributed by atoms with Gasteiger partial charge in [0.1, 0.15) is 5.82 Å². The number of nitrogens with zero attached hydrogens (tertiary/aromatic N) is 1. The summed E-state index contributed by atoms with van der Waals surface area (Å²) in [7, 11) is -3.83. The molecule has 0 N–H and O–H groups in total. The van der Waals surface area contributed by atoms with Gasteiger partial charge in [-0.3, -0.25) is 4.79 Å². The van der Waals surface area contributed by atoms with Gasteiger partial charge in [-0.1, -0.05) is 13.3 Å². The smallest absolute Gasteiger partial charge is 0.266 e. The number of amides is 1. The monoisotopic (exact) mass is 271 g/mol. The topological polar surface area (TPSA) is 54.5 Å². The van der Waals surface area contributed by atoms with Crippen molar-refractivity contribution >= 4 is 15.9 Å². The molecule has 98 valence electrons. The van der Waals surface area contributed by atoms with Crippen LogP contribution >= 0.6 is 0 Å². The summed E-state index contributed by atoms with van der Waals surface area (Å²) in [6.45, 7) is 2.14. The number of benzene rings is 1. The molecule has 1 aromatic rings. The fourth-order valence-electron chi connectivity index (χ4n) is 1.99. The molecule has 1 heterocycles. The van der Waals surface area contributed by atoms with Crippen LogP contribution in [0.1, 0.15) is 19.8 Å². The zero-order valence-corrected chi connectivity index (χ0v) is 10.8. The van der Waals surface area contributed by atoms with Crippen LogP contribution in [-0.4, -0.2) is 25.2 Å². The van der Waals surface area contributed by atoms with Crippen molar-refractivity contribution in [2.75, 3.05) is 6.54 Å². The lowest BCUT2D eigenvalue weighted by Crippen LogP contribution is -2.32. The van der Waals surface area contributed by atoms with Crippen molar-refractivity contribution in [1.82, 2.24) is 4.31 Å². The zero-order chi connectivity index (χ0) is 13.3. The molecule has 0 spiro atoms. The van der Waals surface area contributed by atoms with Gasteiger partial charge in [-0.25, -0.2) is 17.1 Å². The predicted octanol–water partition coefficient (Wildman–Crippen LogP) is 1.77. The predicted molar refractivity (Wildman–Crippen MR) is 63.7 cm³/mol. The van der Waals surface area contributed by atoms with E-state index in [4.69, 9.17) is 0 Å². The summed E-state index contributed by atoms with van der Waals surface area (Å²) >= 11 is 0. The zero-order valence-electron chi connectivity index (χ0n) is 9.97. The van der Waals surface area contributed by atoms with Crippen LogP contribution in [0.3, 0.4) is 0 Å². The van der Waals surface area contributed by atoms with Crippen LogP contribution in [0.4, 0.5) is 4.39 Å². The Balaban J connectivity index is 2.32. The first kappa shape index (κ1) is 13.0. The SMILES string of the molecule is CCC1CC(=O)N(S(=O)(=O)c2ccc(F)cc2)C1. The third kappa shape index (κ3) is 2.25. The van der Waals surface area contributed by atoms with Gasteiger partial charge in [0.05, 0.1) is 4.90 Å². The standard InChI is InChI=1S/C12H14FNO3S/c1-2-9-7-12(15)14(8-9)18(16,17)11-5-3-10(13)4-6-11/h3-6,9H,2,7-8H2,1H3. The largest absolute Gasteiger partial charge is 0.274 e. The van der Waals surface area contributed by atoms with Crippen LogP contribution in [0, 0.1) is 11.7 Å². The lowest BCUT2D eigenvalue weighted by atomic mass is 10.1. The minimum Gasteiger partial charge on any atom is -0.274 e. The summed E-state index contributed by atoms with van der Waals surface area (Å²) < 4.78 is 38.1. The molecule has 1 atom stereocenters. The lowest BCUT2D eigenvalue weighted by molar-refractivity contribution is -0.123. The molecule has 0 radical (unpaired) electrons. The summed E-state index contributed by atoms with van der Waals surface area (Å²) in [5.41, 5.74) is 0. The average Bonchev–Trinajstić information content (AvgIpc) is 2.72. The van der Waals surface area contributed by atoms with Crippen molar-refractivity contribution in [2.24, 2.45) is 5.92 Å². The number of hydrogen-bond donors (Lipinski definition) is 0. The molecular formula is C12H14FNO3S. The van der Waals surface area contributed by atoms with E-state index in [9.17, 15) is 17.6 Å². The molecule has 0 aromatic heterocycles. The van der Waals surface area contributed by atoms with Gasteiger partial charge in [-0.05, 0) is 30.2 Å². The minimum atomic E-state index is -3.83. The maximum Gasteiger partial charge on any atom is 0.266 e. The Morgan fingerprint density at radius 1 is 1.33 bits per heavy atom. The highest BCUT2D eigenvalue weighted by molar-refractivity contribution is 7.89. The molecule has 1 amide bonds. The van der Waals surface area contributed by atoms with Crippen LogP contribution in [0.25, 0.3) is 0 Å². The van der Waals surface area contributed by atoms with Crippen molar-refractivity contribution < 1.29 is 17.6 Å². The van der Waals surface area contributed by atoms with E-state index in [0.717, 1.165) is 22.9 Å². The van der Waals surface area contributed by atoms with E-state index in [1.807, 2.05) is 6.92 Å². The Morgan fingerprint density at radius 2 is 1.94 bits per heavy atom. The summed E-state index contributed by atoms with van der Waals surface area (Å²) in [5, 5.41) is 0. The van der Waals surface area contributed by atoms with Gasteiger partial charge in [0.25, 0.3) is 10.0 Å². The molecule has 2 rings (SSSR count). The highest BCUT2D eigenvalue weighted by Gasteiger charge is 2.37. The van der Waals surface area contributed by atoms with Gasteiger partial charge in [0.2, 0.25) is 5.91 Å². The van der Waals surface area contributed by atoms with Crippen molar-refractivity contribution in [2.45, 2.75) is 24.7 Å². The van der Waals surface area contributed by atoms with Gasteiger partial charge in [0, 0.05) is 13.0 Å². The molecule has 1 fully saturated rings. The molecule has 6 heteroatoms. The maximum atomic E-state index is 12.8. The fraction of sp³-hybridized carbons (Fsp3) is 0.417. The normalized spacial score (nSPS) is 20.4. The third-order valence-corrected chi connectivity index (χ3v) is 4.95. The van der Waals surface area contributed by atoms with Crippen LogP contribution < -0.4 is 0 Å². The first-order valence-corrected chi connectivity index (χ1v) is 7.20. The number of hydrogen-bond acceptors (Lipinski definition) is 3. The average molecular weight is 271 g/mol. The van der Waals surface area contributed by atoms with Crippen molar-refractivity contribution in [1.29, 1.82) is 0 Å². The Kier molecular flexibility index (Phi) is 3.38. The Hall–Kier alpha value is -1.43. The van der Waals surface area contributed by atoms with Crippen LogP contribution in [0.5, 0.6) is 0 Å². The molecular weight excluding hydrogens is 257 g/mol. The fourth-order valence-corrected chi connectivity index (χ4v) is 3.47. The summed E-state index contributed by atoms with van der Waals surface area (Å²) in [6.07, 6.45) is 1.03. The Bertz CT molecular complexity index is 553. The lowest BCUT2D eigenvalue weighted by Gasteiger charge is -2.16. The van der Waals surface area contributed by atoms with E-state index < -0.39 is 15.8 Å². The number of halogens is 1. The highest BCUT2D eigenvalue weighted by Crippen LogP contribution is 2.27. The summed E-state index contributed by atoms with van der Waals surface area (Å²) in [4.78, 5) is 11.7. The van der Waals surface area contributed by atoms with E-state index in [-0.39, 0.29) is 29.7 Å². The van der Waals surface area contributed by atoms with E-state index in [0.29, 0.717) is 0 Å². The molecule has 1 unspecified atom stereocenters. The molecule has 0 bridgehead atoms. The molecule has 0 aliphatic carbocycles. The molecule has 1 saturated heterocycles. The van der Waals surface area contributed by atoms with Gasteiger partial charge < -0.3 is 0 Å². The number of carbonyl (C=O) groups excluding carboxylic acids is 1. The van der Waals surface area contributed by atoms with E-state index in [2.05, 4.69) is 0 Å². The Labute approximate surface area is 105 Å². The van der Waals surface area contributed by atoms with Crippen LogP contribution in [0.15, 0.2) is 29.2 Å². The van der Waals surface area contributed by atoms with E-state index in [1.54, 1.807) is 0 Å². The first-order chi connectivity index (χ1) is 8.45. The van der Waals surface area contributed by atoms with E-state index in [1.165, 1.54) is 12.1 Å². The molecule has 1 aliphatic rings. The molecule has 1 aliphatic heterocycles. The van der Waals surface area contributed by atoms with Gasteiger partial charge in [-0.2, -0.15) is 0 Å². The molecule has 18 heavy (non-hydrogen) atoms. The summed E-state index contributed by atoms with van der Waals surface area (Å²) in [6, 6.07) is 4.50. The second-order valence-corrected chi connectivity index (χ2v) is 6.22. The van der Waals surface area contributed by atoms with Gasteiger partial charge in [-0.15, -0.1) is 0 Å². The molecule has 1 aromatic carbocycles. The van der Waals surface area contributed by atoms with Crippen LogP contribution in [0.2, 0.25) is 0 Å². The number of rotatable bonds is 3.